The summed E-state index contributed by atoms with van der Waals surface area (Å²) < 4.78 is 7.50. The molecule has 3 rings (SSSR count). The molecule has 118 valence electrons. The quantitative estimate of drug-likeness (QED) is 0.845. The highest BCUT2D eigenvalue weighted by Gasteiger charge is 2.18. The summed E-state index contributed by atoms with van der Waals surface area (Å²) in [5, 5.41) is 0. The van der Waals surface area contributed by atoms with E-state index in [-0.39, 0.29) is 0 Å². The lowest BCUT2D eigenvalue weighted by molar-refractivity contribution is 0.209. The van der Waals surface area contributed by atoms with Crippen molar-refractivity contribution >= 4 is 0 Å². The lowest BCUT2D eigenvalue weighted by Crippen LogP contribution is -2.33. The zero-order valence-electron chi connectivity index (χ0n) is 13.6. The van der Waals surface area contributed by atoms with Gasteiger partial charge >= 0.3 is 0 Å². The molecule has 0 spiro atoms. The Bertz CT molecular complexity index is 618. The highest BCUT2D eigenvalue weighted by molar-refractivity contribution is 5.27. The minimum absolute atomic E-state index is 0.901. The maximum absolute atomic E-state index is 5.21. The summed E-state index contributed by atoms with van der Waals surface area (Å²) in [7, 11) is 5.85. The Kier molecular flexibility index (Phi) is 4.45. The molecule has 5 heteroatoms. The molecule has 0 fully saturated rings. The van der Waals surface area contributed by atoms with Crippen molar-refractivity contribution in [1.29, 1.82) is 0 Å². The zero-order chi connectivity index (χ0) is 15.5. The van der Waals surface area contributed by atoms with Crippen molar-refractivity contribution in [2.75, 3.05) is 27.7 Å². The number of fused-ring (bicyclic) bond motifs is 1. The SMILES string of the molecule is COc1ccc(CN2CCn3cc(CN(C)C)nc3C2)cc1. The molecule has 2 aromatic rings. The van der Waals surface area contributed by atoms with Crippen molar-refractivity contribution in [1.82, 2.24) is 19.4 Å². The lowest BCUT2D eigenvalue weighted by atomic mass is 10.2. The van der Waals surface area contributed by atoms with Crippen molar-refractivity contribution in [3.05, 3.63) is 47.5 Å². The average Bonchev–Trinajstić information content (AvgIpc) is 2.88. The van der Waals surface area contributed by atoms with E-state index in [0.717, 1.165) is 44.2 Å². The first kappa shape index (κ1) is 15.1. The van der Waals surface area contributed by atoms with E-state index in [1.165, 1.54) is 11.4 Å². The van der Waals surface area contributed by atoms with Gasteiger partial charge in [-0.25, -0.2) is 4.98 Å². The normalized spacial score (nSPS) is 15.1. The Balaban J connectivity index is 1.64. The monoisotopic (exact) mass is 300 g/mol. The fourth-order valence-electron chi connectivity index (χ4n) is 2.89. The molecule has 1 aliphatic rings. The predicted octanol–water partition coefficient (Wildman–Crippen LogP) is 1.97. The minimum atomic E-state index is 0.901. The van der Waals surface area contributed by atoms with Gasteiger partial charge in [-0.2, -0.15) is 0 Å². The second kappa shape index (κ2) is 6.50. The highest BCUT2D eigenvalue weighted by Crippen LogP contribution is 2.18. The van der Waals surface area contributed by atoms with Gasteiger partial charge in [-0.15, -0.1) is 0 Å². The van der Waals surface area contributed by atoms with Gasteiger partial charge in [-0.05, 0) is 31.8 Å². The van der Waals surface area contributed by atoms with Gasteiger partial charge in [0.1, 0.15) is 11.6 Å². The lowest BCUT2D eigenvalue weighted by Gasteiger charge is -2.27. The first-order chi connectivity index (χ1) is 10.6. The van der Waals surface area contributed by atoms with E-state index in [2.05, 4.69) is 46.8 Å². The summed E-state index contributed by atoms with van der Waals surface area (Å²) in [6.45, 7) is 4.86. The Morgan fingerprint density at radius 1 is 1.18 bits per heavy atom. The van der Waals surface area contributed by atoms with Crippen molar-refractivity contribution in [2.24, 2.45) is 0 Å². The van der Waals surface area contributed by atoms with Crippen LogP contribution in [-0.2, 0) is 26.2 Å². The van der Waals surface area contributed by atoms with Gasteiger partial charge in [0.25, 0.3) is 0 Å². The average molecular weight is 300 g/mol. The molecular weight excluding hydrogens is 276 g/mol. The number of methoxy groups -OCH3 is 1. The molecule has 0 unspecified atom stereocenters. The molecule has 0 atom stereocenters. The number of hydrogen-bond donors (Lipinski definition) is 0. The van der Waals surface area contributed by atoms with E-state index >= 15 is 0 Å². The maximum Gasteiger partial charge on any atom is 0.123 e. The maximum atomic E-state index is 5.21. The van der Waals surface area contributed by atoms with Crippen molar-refractivity contribution < 1.29 is 4.74 Å². The van der Waals surface area contributed by atoms with Crippen molar-refractivity contribution in [3.63, 3.8) is 0 Å². The van der Waals surface area contributed by atoms with Crippen LogP contribution in [0.25, 0.3) is 0 Å². The molecule has 1 aromatic carbocycles. The molecule has 22 heavy (non-hydrogen) atoms. The summed E-state index contributed by atoms with van der Waals surface area (Å²) in [5.74, 6) is 2.09. The molecule has 0 saturated carbocycles. The third-order valence-electron chi connectivity index (χ3n) is 3.97. The van der Waals surface area contributed by atoms with Gasteiger partial charge in [-0.3, -0.25) is 4.90 Å². The van der Waals surface area contributed by atoms with Crippen molar-refractivity contribution in [3.8, 4) is 5.75 Å². The van der Waals surface area contributed by atoms with E-state index < -0.39 is 0 Å². The number of rotatable bonds is 5. The van der Waals surface area contributed by atoms with Crippen LogP contribution in [0.5, 0.6) is 5.75 Å². The van der Waals surface area contributed by atoms with E-state index in [0.29, 0.717) is 0 Å². The van der Waals surface area contributed by atoms with Crippen LogP contribution >= 0.6 is 0 Å². The summed E-state index contributed by atoms with van der Waals surface area (Å²) in [6.07, 6.45) is 2.19. The van der Waals surface area contributed by atoms with E-state index in [9.17, 15) is 0 Å². The number of benzene rings is 1. The van der Waals surface area contributed by atoms with Crippen LogP contribution in [0.4, 0.5) is 0 Å². The van der Waals surface area contributed by atoms with E-state index in [1.54, 1.807) is 7.11 Å². The smallest absolute Gasteiger partial charge is 0.123 e. The fourth-order valence-corrected chi connectivity index (χ4v) is 2.89. The third kappa shape index (κ3) is 3.48. The van der Waals surface area contributed by atoms with Gasteiger partial charge in [-0.1, -0.05) is 12.1 Å². The molecule has 0 radical (unpaired) electrons. The summed E-state index contributed by atoms with van der Waals surface area (Å²) in [4.78, 5) is 9.37. The number of imidazole rings is 1. The van der Waals surface area contributed by atoms with Gasteiger partial charge in [0.15, 0.2) is 0 Å². The Morgan fingerprint density at radius 2 is 1.95 bits per heavy atom. The molecule has 1 aromatic heterocycles. The van der Waals surface area contributed by atoms with E-state index in [4.69, 9.17) is 9.72 Å². The summed E-state index contributed by atoms with van der Waals surface area (Å²) >= 11 is 0. The minimum Gasteiger partial charge on any atom is -0.497 e. The van der Waals surface area contributed by atoms with Crippen LogP contribution in [0.2, 0.25) is 0 Å². The molecule has 0 aliphatic carbocycles. The van der Waals surface area contributed by atoms with Crippen molar-refractivity contribution in [2.45, 2.75) is 26.2 Å². The van der Waals surface area contributed by atoms with Crippen LogP contribution in [0, 0.1) is 0 Å². The van der Waals surface area contributed by atoms with Crippen LogP contribution in [0.15, 0.2) is 30.5 Å². The number of nitrogens with zero attached hydrogens (tertiary/aromatic N) is 4. The second-order valence-electron chi connectivity index (χ2n) is 6.14. The van der Waals surface area contributed by atoms with Crippen LogP contribution in [0.3, 0.4) is 0 Å². The first-order valence-corrected chi connectivity index (χ1v) is 7.69. The highest BCUT2D eigenvalue weighted by atomic mass is 16.5. The zero-order valence-corrected chi connectivity index (χ0v) is 13.6. The largest absolute Gasteiger partial charge is 0.497 e. The molecule has 0 saturated heterocycles. The van der Waals surface area contributed by atoms with Crippen LogP contribution in [0.1, 0.15) is 17.1 Å². The molecule has 0 bridgehead atoms. The molecule has 0 amide bonds. The summed E-state index contributed by atoms with van der Waals surface area (Å²) in [6, 6.07) is 8.32. The first-order valence-electron chi connectivity index (χ1n) is 7.69. The second-order valence-corrected chi connectivity index (χ2v) is 6.14. The Hall–Kier alpha value is -1.85. The number of hydrogen-bond acceptors (Lipinski definition) is 4. The van der Waals surface area contributed by atoms with Gasteiger partial charge in [0.2, 0.25) is 0 Å². The Morgan fingerprint density at radius 3 is 2.64 bits per heavy atom. The van der Waals surface area contributed by atoms with Gasteiger partial charge < -0.3 is 14.2 Å². The molecule has 0 N–H and O–H groups in total. The Labute approximate surface area is 132 Å². The number of ether oxygens (including phenoxy) is 1. The fraction of sp³-hybridized carbons (Fsp3) is 0.471. The number of aromatic nitrogens is 2. The predicted molar refractivity (Wildman–Crippen MR) is 86.7 cm³/mol. The molecule has 2 heterocycles. The standard InChI is InChI=1S/C17H24N4O/c1-19(2)11-15-12-21-9-8-20(13-17(21)18-15)10-14-4-6-16(22-3)7-5-14/h4-7,12H,8-11,13H2,1-3H3. The van der Waals surface area contributed by atoms with Gasteiger partial charge in [0, 0.05) is 32.4 Å². The van der Waals surface area contributed by atoms with Gasteiger partial charge in [0.05, 0.1) is 19.3 Å². The summed E-state index contributed by atoms with van der Waals surface area (Å²) in [5.41, 5.74) is 2.47. The molecule has 5 nitrogen and oxygen atoms in total. The topological polar surface area (TPSA) is 33.5 Å². The third-order valence-corrected chi connectivity index (χ3v) is 3.97. The van der Waals surface area contributed by atoms with E-state index in [1.807, 2.05) is 12.1 Å². The van der Waals surface area contributed by atoms with Crippen LogP contribution in [-0.4, -0.2) is 47.1 Å². The molecule has 1 aliphatic heterocycles. The van der Waals surface area contributed by atoms with Crippen LogP contribution < -0.4 is 4.74 Å². The molecular formula is C17H24N4O.